The van der Waals surface area contributed by atoms with Crippen LogP contribution in [-0.2, 0) is 17.9 Å². The normalized spacial score (nSPS) is 15.5. The summed E-state index contributed by atoms with van der Waals surface area (Å²) in [7, 11) is 1.72. The van der Waals surface area contributed by atoms with Crippen molar-refractivity contribution in [3.63, 3.8) is 0 Å². The number of ether oxygens (including phenoxy) is 1. The van der Waals surface area contributed by atoms with Crippen molar-refractivity contribution in [2.24, 2.45) is 4.99 Å². The summed E-state index contributed by atoms with van der Waals surface area (Å²) < 4.78 is 5.19. The largest absolute Gasteiger partial charge is 0.380 e. The highest BCUT2D eigenvalue weighted by Gasteiger charge is 2.09. The molecule has 0 aliphatic carbocycles. The van der Waals surface area contributed by atoms with Crippen molar-refractivity contribution >= 4 is 29.9 Å². The molecule has 142 valence electrons. The van der Waals surface area contributed by atoms with Gasteiger partial charge in [0.1, 0.15) is 0 Å². The topological polar surface area (TPSA) is 48.9 Å². The lowest BCUT2D eigenvalue weighted by Crippen LogP contribution is -2.42. The van der Waals surface area contributed by atoms with E-state index in [4.69, 9.17) is 9.73 Å². The number of guanidine groups is 1. The Morgan fingerprint density at radius 3 is 2.64 bits per heavy atom. The minimum Gasteiger partial charge on any atom is -0.380 e. The van der Waals surface area contributed by atoms with Crippen LogP contribution in [0, 0.1) is 0 Å². The van der Waals surface area contributed by atoms with E-state index in [9.17, 15) is 0 Å². The van der Waals surface area contributed by atoms with Gasteiger partial charge in [0.05, 0.1) is 13.2 Å². The lowest BCUT2D eigenvalue weighted by Gasteiger charge is -2.26. The van der Waals surface area contributed by atoms with Gasteiger partial charge in [0.2, 0.25) is 0 Å². The van der Waals surface area contributed by atoms with Crippen LogP contribution in [0.1, 0.15) is 37.3 Å². The van der Waals surface area contributed by atoms with Crippen LogP contribution in [0.4, 0.5) is 0 Å². The fourth-order valence-electron chi connectivity index (χ4n) is 3.01. The number of piperidine rings is 1. The van der Waals surface area contributed by atoms with Crippen molar-refractivity contribution < 1.29 is 4.74 Å². The molecule has 1 aliphatic heterocycles. The summed E-state index contributed by atoms with van der Waals surface area (Å²) >= 11 is 0. The number of hydrogen-bond donors (Lipinski definition) is 2. The third-order valence-corrected chi connectivity index (χ3v) is 4.24. The predicted octanol–water partition coefficient (Wildman–Crippen LogP) is 2.99. The first kappa shape index (κ1) is 22.2. The van der Waals surface area contributed by atoms with Gasteiger partial charge >= 0.3 is 0 Å². The fraction of sp³-hybridized carbons (Fsp3) is 0.632. The Bertz CT molecular complexity index is 504. The third kappa shape index (κ3) is 8.87. The molecular weight excluding hydrogens is 427 g/mol. The molecule has 1 aliphatic rings. The number of nitrogens with one attached hydrogen (secondary N) is 2. The van der Waals surface area contributed by atoms with Crippen LogP contribution in [0.25, 0.3) is 0 Å². The van der Waals surface area contributed by atoms with Crippen LogP contribution < -0.4 is 10.6 Å². The molecule has 5 nitrogen and oxygen atoms in total. The molecule has 2 rings (SSSR count). The molecule has 1 heterocycles. The van der Waals surface area contributed by atoms with E-state index < -0.39 is 0 Å². The van der Waals surface area contributed by atoms with Gasteiger partial charge in [-0.05, 0) is 44.0 Å². The molecule has 1 saturated heterocycles. The number of hydrogen-bond acceptors (Lipinski definition) is 3. The number of methoxy groups -OCH3 is 1. The van der Waals surface area contributed by atoms with Crippen LogP contribution in [0.15, 0.2) is 29.3 Å². The molecule has 2 N–H and O–H groups in total. The summed E-state index contributed by atoms with van der Waals surface area (Å²) in [4.78, 5) is 7.24. The second-order valence-electron chi connectivity index (χ2n) is 6.28. The van der Waals surface area contributed by atoms with Gasteiger partial charge in [-0.2, -0.15) is 0 Å². The summed E-state index contributed by atoms with van der Waals surface area (Å²) in [6, 6.07) is 8.42. The van der Waals surface area contributed by atoms with Gasteiger partial charge in [-0.1, -0.05) is 30.7 Å². The molecule has 6 heteroatoms. The Kier molecular flexibility index (Phi) is 11.9. The van der Waals surface area contributed by atoms with Gasteiger partial charge in [0.15, 0.2) is 5.96 Å². The first-order chi connectivity index (χ1) is 11.8. The average Bonchev–Trinajstić information content (AvgIpc) is 2.61. The van der Waals surface area contributed by atoms with Crippen molar-refractivity contribution in [2.45, 2.75) is 39.3 Å². The average molecular weight is 460 g/mol. The summed E-state index contributed by atoms with van der Waals surface area (Å²) in [5.74, 6) is 0.895. The molecular formula is C19H33IN4O. The van der Waals surface area contributed by atoms with Crippen molar-refractivity contribution in [1.82, 2.24) is 15.5 Å². The van der Waals surface area contributed by atoms with Crippen LogP contribution in [0.2, 0.25) is 0 Å². The van der Waals surface area contributed by atoms with Crippen LogP contribution in [0.3, 0.4) is 0 Å². The number of likely N-dealkylation sites (tertiary alicyclic amines) is 1. The van der Waals surface area contributed by atoms with Gasteiger partial charge in [-0.25, -0.2) is 4.99 Å². The second kappa shape index (κ2) is 13.4. The number of benzene rings is 1. The monoisotopic (exact) mass is 460 g/mol. The Balaban J connectivity index is 0.00000312. The second-order valence-corrected chi connectivity index (χ2v) is 6.28. The van der Waals surface area contributed by atoms with Gasteiger partial charge in [-0.3, -0.25) is 0 Å². The Morgan fingerprint density at radius 1 is 1.16 bits per heavy atom. The zero-order chi connectivity index (χ0) is 17.0. The smallest absolute Gasteiger partial charge is 0.191 e. The number of nitrogens with zero attached hydrogens (tertiary/aromatic N) is 2. The van der Waals surface area contributed by atoms with Gasteiger partial charge < -0.3 is 20.3 Å². The molecule has 0 bridgehead atoms. The van der Waals surface area contributed by atoms with Gasteiger partial charge in [0, 0.05) is 26.7 Å². The third-order valence-electron chi connectivity index (χ3n) is 4.24. The van der Waals surface area contributed by atoms with Crippen LogP contribution >= 0.6 is 24.0 Å². The van der Waals surface area contributed by atoms with E-state index in [1.807, 2.05) is 0 Å². The van der Waals surface area contributed by atoms with Crippen molar-refractivity contribution in [3.05, 3.63) is 35.4 Å². The molecule has 0 radical (unpaired) electrons. The highest BCUT2D eigenvalue weighted by molar-refractivity contribution is 14.0. The lowest BCUT2D eigenvalue weighted by atomic mass is 10.1. The molecule has 0 aromatic heterocycles. The SMILES string of the molecule is CCNC(=NCc1cccc(COC)c1)NCCN1CCCCC1.I. The molecule has 1 aromatic carbocycles. The summed E-state index contributed by atoms with van der Waals surface area (Å²) in [5.41, 5.74) is 2.39. The van der Waals surface area contributed by atoms with E-state index in [2.05, 4.69) is 46.7 Å². The van der Waals surface area contributed by atoms with Gasteiger partial charge in [-0.15, -0.1) is 24.0 Å². The number of halogens is 1. The number of rotatable bonds is 8. The maximum absolute atomic E-state index is 5.19. The maximum Gasteiger partial charge on any atom is 0.191 e. The lowest BCUT2D eigenvalue weighted by molar-refractivity contribution is 0.185. The fourth-order valence-corrected chi connectivity index (χ4v) is 3.01. The Morgan fingerprint density at radius 2 is 1.92 bits per heavy atom. The summed E-state index contributed by atoms with van der Waals surface area (Å²) in [6.07, 6.45) is 4.06. The standard InChI is InChI=1S/C19H32N4O.HI/c1-3-20-19(21-10-13-23-11-5-4-6-12-23)22-15-17-8-7-9-18(14-17)16-24-2;/h7-9,14H,3-6,10-13,15-16H2,1-2H3,(H2,20,21,22);1H. The molecule has 25 heavy (non-hydrogen) atoms. The van der Waals surface area contributed by atoms with Gasteiger partial charge in [0.25, 0.3) is 0 Å². The van der Waals surface area contributed by atoms with Crippen molar-refractivity contribution in [2.75, 3.05) is 39.8 Å². The van der Waals surface area contributed by atoms with E-state index in [1.165, 1.54) is 43.5 Å². The van der Waals surface area contributed by atoms with Crippen molar-refractivity contribution in [3.8, 4) is 0 Å². The highest BCUT2D eigenvalue weighted by atomic mass is 127. The zero-order valence-corrected chi connectivity index (χ0v) is 17.9. The van der Waals surface area contributed by atoms with Crippen molar-refractivity contribution in [1.29, 1.82) is 0 Å². The Labute approximate surface area is 169 Å². The van der Waals surface area contributed by atoms with E-state index in [0.717, 1.165) is 25.6 Å². The molecule has 1 fully saturated rings. The van der Waals surface area contributed by atoms with Crippen LogP contribution in [0.5, 0.6) is 0 Å². The minimum absolute atomic E-state index is 0. The highest BCUT2D eigenvalue weighted by Crippen LogP contribution is 2.08. The Hall–Kier alpha value is -0.860. The van der Waals surface area contributed by atoms with Crippen LogP contribution in [-0.4, -0.2) is 50.7 Å². The maximum atomic E-state index is 5.19. The molecule has 1 aromatic rings. The summed E-state index contributed by atoms with van der Waals surface area (Å²) in [6.45, 7) is 8.80. The van der Waals surface area contributed by atoms with E-state index in [0.29, 0.717) is 13.2 Å². The number of aliphatic imine (C=N–C) groups is 1. The van der Waals surface area contributed by atoms with E-state index in [1.54, 1.807) is 7.11 Å². The predicted molar refractivity (Wildman–Crippen MR) is 116 cm³/mol. The first-order valence-corrected chi connectivity index (χ1v) is 9.13. The molecule has 0 unspecified atom stereocenters. The molecule has 0 amide bonds. The zero-order valence-electron chi connectivity index (χ0n) is 15.6. The quantitative estimate of drug-likeness (QED) is 0.356. The molecule has 0 spiro atoms. The summed E-state index contributed by atoms with van der Waals surface area (Å²) in [5, 5.41) is 6.78. The first-order valence-electron chi connectivity index (χ1n) is 9.13. The molecule has 0 atom stereocenters. The minimum atomic E-state index is 0. The van der Waals surface area contributed by atoms with E-state index in [-0.39, 0.29) is 24.0 Å². The van der Waals surface area contributed by atoms with E-state index >= 15 is 0 Å². The molecule has 0 saturated carbocycles.